The summed E-state index contributed by atoms with van der Waals surface area (Å²) in [4.78, 5) is 15.3. The maximum Gasteiger partial charge on any atom is 0.262 e. The lowest BCUT2D eigenvalue weighted by atomic mass is 10.3. The molecule has 1 amide bonds. The Morgan fingerprint density at radius 3 is 2.33 bits per heavy atom. The van der Waals surface area contributed by atoms with Gasteiger partial charge in [-0.25, -0.2) is 8.42 Å². The van der Waals surface area contributed by atoms with E-state index in [9.17, 15) is 13.2 Å². The molecule has 0 saturated carbocycles. The SMILES string of the molecule is CCC=C(NS(=O)(=O)c1ccc(NC(C)=O)cc1)SC(CC)=NC. The van der Waals surface area contributed by atoms with E-state index in [1.807, 2.05) is 19.9 Å². The van der Waals surface area contributed by atoms with Crippen LogP contribution in [0.25, 0.3) is 0 Å². The Kier molecular flexibility index (Phi) is 8.00. The third-order valence-electron chi connectivity index (χ3n) is 2.89. The number of carbonyl (C=O) groups excluding carboxylic acids is 1. The van der Waals surface area contributed by atoms with Crippen LogP contribution in [-0.4, -0.2) is 26.4 Å². The third-order valence-corrected chi connectivity index (χ3v) is 5.60. The number of anilines is 1. The second-order valence-corrected chi connectivity index (χ2v) is 7.66. The summed E-state index contributed by atoms with van der Waals surface area (Å²) in [5, 5.41) is 3.98. The van der Waals surface area contributed by atoms with Crippen LogP contribution in [0.2, 0.25) is 0 Å². The third kappa shape index (κ3) is 6.37. The molecule has 132 valence electrons. The molecule has 0 atom stereocenters. The van der Waals surface area contributed by atoms with Crippen LogP contribution in [0.15, 0.2) is 45.3 Å². The summed E-state index contributed by atoms with van der Waals surface area (Å²) in [5.41, 5.74) is 0.548. The van der Waals surface area contributed by atoms with E-state index >= 15 is 0 Å². The maximum atomic E-state index is 12.5. The molecule has 0 spiro atoms. The predicted molar refractivity (Wildman–Crippen MR) is 101 cm³/mol. The minimum Gasteiger partial charge on any atom is -0.326 e. The molecule has 24 heavy (non-hydrogen) atoms. The fraction of sp³-hybridized carbons (Fsp3) is 0.375. The molecule has 2 N–H and O–H groups in total. The molecule has 0 aromatic heterocycles. The summed E-state index contributed by atoms with van der Waals surface area (Å²) >= 11 is 1.31. The summed E-state index contributed by atoms with van der Waals surface area (Å²) in [6.45, 7) is 5.30. The van der Waals surface area contributed by atoms with Crippen molar-refractivity contribution in [1.29, 1.82) is 0 Å². The smallest absolute Gasteiger partial charge is 0.262 e. The van der Waals surface area contributed by atoms with E-state index in [-0.39, 0.29) is 10.8 Å². The van der Waals surface area contributed by atoms with Crippen molar-refractivity contribution in [3.63, 3.8) is 0 Å². The van der Waals surface area contributed by atoms with Gasteiger partial charge in [0.15, 0.2) is 0 Å². The molecule has 0 aliphatic rings. The number of allylic oxidation sites excluding steroid dienone is 1. The Hall–Kier alpha value is -1.80. The molecule has 1 aromatic rings. The number of aliphatic imine (C=N–C) groups is 1. The van der Waals surface area contributed by atoms with E-state index in [1.165, 1.54) is 30.8 Å². The lowest BCUT2D eigenvalue weighted by Crippen LogP contribution is -2.22. The van der Waals surface area contributed by atoms with Crippen molar-refractivity contribution in [2.24, 2.45) is 4.99 Å². The van der Waals surface area contributed by atoms with Crippen LogP contribution >= 0.6 is 11.8 Å². The Labute approximate surface area is 147 Å². The van der Waals surface area contributed by atoms with Crippen LogP contribution in [0.5, 0.6) is 0 Å². The second-order valence-electron chi connectivity index (χ2n) is 4.86. The molecule has 0 unspecified atom stereocenters. The lowest BCUT2D eigenvalue weighted by Gasteiger charge is -2.12. The summed E-state index contributed by atoms with van der Waals surface area (Å²) < 4.78 is 27.6. The Balaban J connectivity index is 2.97. The number of hydrogen-bond acceptors (Lipinski definition) is 5. The van der Waals surface area contributed by atoms with Crippen molar-refractivity contribution < 1.29 is 13.2 Å². The Morgan fingerprint density at radius 2 is 1.88 bits per heavy atom. The zero-order chi connectivity index (χ0) is 18.2. The Morgan fingerprint density at radius 1 is 1.25 bits per heavy atom. The van der Waals surface area contributed by atoms with Gasteiger partial charge in [-0.1, -0.05) is 31.7 Å². The largest absolute Gasteiger partial charge is 0.326 e. The van der Waals surface area contributed by atoms with Gasteiger partial charge in [-0.3, -0.25) is 14.5 Å². The molecular weight excluding hydrogens is 346 g/mol. The van der Waals surface area contributed by atoms with Crippen LogP contribution < -0.4 is 10.0 Å². The van der Waals surface area contributed by atoms with E-state index in [0.717, 1.165) is 11.5 Å². The first-order valence-electron chi connectivity index (χ1n) is 7.56. The maximum absolute atomic E-state index is 12.5. The van der Waals surface area contributed by atoms with Gasteiger partial charge in [0, 0.05) is 19.7 Å². The molecule has 0 heterocycles. The summed E-state index contributed by atoms with van der Waals surface area (Å²) in [5.74, 6) is -0.209. The normalized spacial score (nSPS) is 12.8. The number of benzene rings is 1. The number of thioether (sulfide) groups is 1. The standard InChI is InChI=1S/C16H23N3O3S2/c1-5-7-16(23-15(6-2)17-4)19-24(21,22)14-10-8-13(9-11-14)18-12(3)20/h7-11,19H,5-6H2,1-4H3,(H,18,20). The first-order valence-corrected chi connectivity index (χ1v) is 9.86. The van der Waals surface area contributed by atoms with Crippen molar-refractivity contribution in [2.75, 3.05) is 12.4 Å². The number of hydrogen-bond donors (Lipinski definition) is 2. The van der Waals surface area contributed by atoms with Gasteiger partial charge < -0.3 is 5.32 Å². The van der Waals surface area contributed by atoms with Gasteiger partial charge in [-0.15, -0.1) is 0 Å². The molecule has 1 rings (SSSR count). The fourth-order valence-electron chi connectivity index (χ4n) is 1.80. The van der Waals surface area contributed by atoms with Crippen LogP contribution in [0.1, 0.15) is 33.6 Å². The van der Waals surface area contributed by atoms with Crippen LogP contribution in [0.3, 0.4) is 0 Å². The van der Waals surface area contributed by atoms with Crippen LogP contribution in [0.4, 0.5) is 5.69 Å². The number of nitrogens with one attached hydrogen (secondary N) is 2. The van der Waals surface area contributed by atoms with Crippen molar-refractivity contribution in [2.45, 2.75) is 38.5 Å². The monoisotopic (exact) mass is 369 g/mol. The molecule has 1 aromatic carbocycles. The highest BCUT2D eigenvalue weighted by atomic mass is 32.2. The van der Waals surface area contributed by atoms with Gasteiger partial charge in [-0.2, -0.15) is 0 Å². The molecule has 6 nitrogen and oxygen atoms in total. The summed E-state index contributed by atoms with van der Waals surface area (Å²) in [6, 6.07) is 6.02. The van der Waals surface area contributed by atoms with Gasteiger partial charge in [0.2, 0.25) is 5.91 Å². The van der Waals surface area contributed by atoms with Crippen molar-refractivity contribution >= 4 is 38.4 Å². The molecular formula is C16H23N3O3S2. The molecule has 0 fully saturated rings. The average molecular weight is 370 g/mol. The van der Waals surface area contributed by atoms with Gasteiger partial charge in [-0.05, 0) is 37.1 Å². The zero-order valence-corrected chi connectivity index (χ0v) is 15.9. The Bertz CT molecular complexity index is 723. The number of sulfonamides is 1. The first kappa shape index (κ1) is 20.2. The molecule has 0 saturated heterocycles. The van der Waals surface area contributed by atoms with E-state index in [2.05, 4.69) is 15.0 Å². The summed E-state index contributed by atoms with van der Waals surface area (Å²) in [7, 11) is -2.01. The van der Waals surface area contributed by atoms with Gasteiger partial charge in [0.05, 0.1) is 15.0 Å². The van der Waals surface area contributed by atoms with E-state index in [1.54, 1.807) is 19.2 Å². The van der Waals surface area contributed by atoms with Crippen molar-refractivity contribution in [1.82, 2.24) is 4.72 Å². The number of carbonyl (C=O) groups is 1. The second kappa shape index (κ2) is 9.48. The minimum absolute atomic E-state index is 0.130. The van der Waals surface area contributed by atoms with Gasteiger partial charge in [0.25, 0.3) is 10.0 Å². The summed E-state index contributed by atoms with van der Waals surface area (Å²) in [6.07, 6.45) is 3.25. The van der Waals surface area contributed by atoms with Crippen molar-refractivity contribution in [3.8, 4) is 0 Å². The minimum atomic E-state index is -3.70. The van der Waals surface area contributed by atoms with Crippen LogP contribution in [-0.2, 0) is 14.8 Å². The highest BCUT2D eigenvalue weighted by molar-refractivity contribution is 8.17. The fourth-order valence-corrected chi connectivity index (χ4v) is 4.00. The highest BCUT2D eigenvalue weighted by Crippen LogP contribution is 2.21. The molecule has 0 radical (unpaired) electrons. The zero-order valence-electron chi connectivity index (χ0n) is 14.3. The van der Waals surface area contributed by atoms with Gasteiger partial charge in [0.1, 0.15) is 0 Å². The van der Waals surface area contributed by atoms with E-state index in [4.69, 9.17) is 0 Å². The lowest BCUT2D eigenvalue weighted by molar-refractivity contribution is -0.114. The molecule has 0 aliphatic heterocycles. The number of nitrogens with zero attached hydrogens (tertiary/aromatic N) is 1. The molecule has 0 bridgehead atoms. The van der Waals surface area contributed by atoms with Crippen LogP contribution in [0, 0.1) is 0 Å². The number of rotatable bonds is 7. The van der Waals surface area contributed by atoms with E-state index < -0.39 is 10.0 Å². The molecule has 8 heteroatoms. The number of amides is 1. The predicted octanol–water partition coefficient (Wildman–Crippen LogP) is 3.35. The topological polar surface area (TPSA) is 87.6 Å². The first-order chi connectivity index (χ1) is 11.3. The van der Waals surface area contributed by atoms with Crippen molar-refractivity contribution in [3.05, 3.63) is 35.4 Å². The quantitative estimate of drug-likeness (QED) is 0.570. The van der Waals surface area contributed by atoms with E-state index in [0.29, 0.717) is 17.1 Å². The average Bonchev–Trinajstić information content (AvgIpc) is 2.52. The van der Waals surface area contributed by atoms with Gasteiger partial charge >= 0.3 is 0 Å². The highest BCUT2D eigenvalue weighted by Gasteiger charge is 2.16. The molecule has 0 aliphatic carbocycles.